The van der Waals surface area contributed by atoms with Crippen molar-refractivity contribution in [1.82, 2.24) is 4.57 Å². The highest BCUT2D eigenvalue weighted by Gasteiger charge is 2.16. The van der Waals surface area contributed by atoms with Crippen molar-refractivity contribution in [2.75, 3.05) is 22.8 Å². The summed E-state index contributed by atoms with van der Waals surface area (Å²) >= 11 is 0. The molecule has 0 spiro atoms. The summed E-state index contributed by atoms with van der Waals surface area (Å²) < 4.78 is 27.9. The highest BCUT2D eigenvalue weighted by molar-refractivity contribution is 7.92. The Hall–Kier alpha value is -2.47. The molecule has 0 fully saturated rings. The van der Waals surface area contributed by atoms with Gasteiger partial charge in [-0.25, -0.2) is 8.42 Å². The first-order chi connectivity index (χ1) is 12.3. The Kier molecular flexibility index (Phi) is 3.95. The predicted molar refractivity (Wildman–Crippen MR) is 108 cm³/mol. The molecular weight excluding hydrogens is 346 g/mol. The minimum Gasteiger partial charge on any atom is -0.384 e. The van der Waals surface area contributed by atoms with Gasteiger partial charge < -0.3 is 9.88 Å². The van der Waals surface area contributed by atoms with E-state index in [4.69, 9.17) is 0 Å². The van der Waals surface area contributed by atoms with Gasteiger partial charge >= 0.3 is 0 Å². The molecule has 1 aliphatic heterocycles. The van der Waals surface area contributed by atoms with Crippen LogP contribution in [0.3, 0.4) is 0 Å². The first-order valence-electron chi connectivity index (χ1n) is 8.81. The number of sulfonamides is 1. The van der Waals surface area contributed by atoms with Crippen molar-refractivity contribution in [1.29, 1.82) is 0 Å². The lowest BCUT2D eigenvalue weighted by Crippen LogP contribution is -2.09. The van der Waals surface area contributed by atoms with Gasteiger partial charge in [0.05, 0.1) is 17.5 Å². The second kappa shape index (κ2) is 6.06. The minimum absolute atomic E-state index is 0.274. The van der Waals surface area contributed by atoms with Gasteiger partial charge in [-0.3, -0.25) is 4.72 Å². The summed E-state index contributed by atoms with van der Waals surface area (Å²) in [6.45, 7) is 5.26. The van der Waals surface area contributed by atoms with E-state index in [-0.39, 0.29) is 6.04 Å². The number of nitrogens with one attached hydrogen (secondary N) is 2. The standard InChI is InChI=1S/C20H23N3O2S/c1-13(2)23-12-18(14-4-7-19-15(10-14)8-9-21-19)17-6-5-16(11-20(17)23)22-26(3,24)25/h4-7,10-13,21-22H,8-9H2,1-3H3. The van der Waals surface area contributed by atoms with E-state index in [0.29, 0.717) is 5.69 Å². The van der Waals surface area contributed by atoms with Gasteiger partial charge in [0.25, 0.3) is 0 Å². The summed E-state index contributed by atoms with van der Waals surface area (Å²) in [6.07, 6.45) is 4.39. The number of rotatable bonds is 4. The molecule has 0 amide bonds. The van der Waals surface area contributed by atoms with Crippen molar-refractivity contribution in [2.45, 2.75) is 26.3 Å². The molecular formula is C20H23N3O2S. The number of hydrogen-bond donors (Lipinski definition) is 2. The van der Waals surface area contributed by atoms with Gasteiger partial charge in [0, 0.05) is 35.4 Å². The van der Waals surface area contributed by atoms with Crippen LogP contribution < -0.4 is 10.0 Å². The minimum atomic E-state index is -3.30. The summed E-state index contributed by atoms with van der Waals surface area (Å²) in [6, 6.07) is 12.6. The predicted octanol–water partition coefficient (Wildman–Crippen LogP) is 4.23. The van der Waals surface area contributed by atoms with Gasteiger partial charge in [0.2, 0.25) is 10.0 Å². The quantitative estimate of drug-likeness (QED) is 0.723. The van der Waals surface area contributed by atoms with Crippen LogP contribution in [0.2, 0.25) is 0 Å². The fourth-order valence-electron chi connectivity index (χ4n) is 3.66. The molecule has 136 valence electrons. The molecule has 0 atom stereocenters. The molecule has 2 N–H and O–H groups in total. The van der Waals surface area contributed by atoms with Crippen molar-refractivity contribution >= 4 is 32.3 Å². The Morgan fingerprint density at radius 1 is 1.15 bits per heavy atom. The van der Waals surface area contributed by atoms with E-state index < -0.39 is 10.0 Å². The van der Waals surface area contributed by atoms with Crippen LogP contribution in [-0.2, 0) is 16.4 Å². The normalized spacial score (nSPS) is 13.8. The zero-order valence-electron chi connectivity index (χ0n) is 15.2. The van der Waals surface area contributed by atoms with Crippen molar-refractivity contribution in [3.05, 3.63) is 48.2 Å². The smallest absolute Gasteiger partial charge is 0.229 e. The Bertz CT molecular complexity index is 1100. The third-order valence-corrected chi connectivity index (χ3v) is 5.43. The fourth-order valence-corrected chi connectivity index (χ4v) is 4.21. The van der Waals surface area contributed by atoms with Crippen LogP contribution in [0.15, 0.2) is 42.6 Å². The lowest BCUT2D eigenvalue weighted by molar-refractivity contribution is 0.607. The molecule has 0 radical (unpaired) electrons. The van der Waals surface area contributed by atoms with Crippen molar-refractivity contribution in [2.24, 2.45) is 0 Å². The van der Waals surface area contributed by atoms with E-state index in [1.165, 1.54) is 28.6 Å². The van der Waals surface area contributed by atoms with Crippen LogP contribution in [0.1, 0.15) is 25.5 Å². The van der Waals surface area contributed by atoms with Gasteiger partial charge in [-0.05, 0) is 55.7 Å². The molecule has 4 rings (SSSR count). The summed E-state index contributed by atoms with van der Waals surface area (Å²) in [4.78, 5) is 0. The Morgan fingerprint density at radius 3 is 2.69 bits per heavy atom. The van der Waals surface area contributed by atoms with Crippen molar-refractivity contribution < 1.29 is 8.42 Å². The molecule has 0 bridgehead atoms. The fraction of sp³-hybridized carbons (Fsp3) is 0.300. The zero-order chi connectivity index (χ0) is 18.5. The number of fused-ring (bicyclic) bond motifs is 2. The van der Waals surface area contributed by atoms with Gasteiger partial charge in [-0.15, -0.1) is 0 Å². The molecule has 6 heteroatoms. The monoisotopic (exact) mass is 369 g/mol. The van der Waals surface area contributed by atoms with E-state index >= 15 is 0 Å². The Morgan fingerprint density at radius 2 is 1.96 bits per heavy atom. The number of benzene rings is 2. The number of hydrogen-bond acceptors (Lipinski definition) is 3. The van der Waals surface area contributed by atoms with Crippen molar-refractivity contribution in [3.8, 4) is 11.1 Å². The van der Waals surface area contributed by atoms with E-state index in [1.54, 1.807) is 0 Å². The van der Waals surface area contributed by atoms with Crippen LogP contribution in [0.5, 0.6) is 0 Å². The molecule has 0 saturated heterocycles. The van der Waals surface area contributed by atoms with Crippen LogP contribution in [0, 0.1) is 0 Å². The average molecular weight is 369 g/mol. The second-order valence-corrected chi connectivity index (χ2v) is 8.95. The largest absolute Gasteiger partial charge is 0.384 e. The van der Waals surface area contributed by atoms with E-state index in [2.05, 4.69) is 52.8 Å². The molecule has 2 heterocycles. The van der Waals surface area contributed by atoms with Crippen LogP contribution >= 0.6 is 0 Å². The second-order valence-electron chi connectivity index (χ2n) is 7.20. The molecule has 0 saturated carbocycles. The summed E-state index contributed by atoms with van der Waals surface area (Å²) in [5, 5.41) is 4.53. The maximum Gasteiger partial charge on any atom is 0.229 e. The van der Waals surface area contributed by atoms with Crippen molar-refractivity contribution in [3.63, 3.8) is 0 Å². The summed E-state index contributed by atoms with van der Waals surface area (Å²) in [5.41, 5.74) is 6.56. The summed E-state index contributed by atoms with van der Waals surface area (Å²) in [7, 11) is -3.30. The maximum absolute atomic E-state index is 11.6. The van der Waals surface area contributed by atoms with Crippen LogP contribution in [-0.4, -0.2) is 25.8 Å². The van der Waals surface area contributed by atoms with Gasteiger partial charge in [-0.2, -0.15) is 0 Å². The van der Waals surface area contributed by atoms with Crippen LogP contribution in [0.4, 0.5) is 11.4 Å². The zero-order valence-corrected chi connectivity index (χ0v) is 16.0. The average Bonchev–Trinajstić information content (AvgIpc) is 3.16. The molecule has 3 aromatic rings. The topological polar surface area (TPSA) is 63.1 Å². The third kappa shape index (κ3) is 3.05. The van der Waals surface area contributed by atoms with Gasteiger partial charge in [-0.1, -0.05) is 12.1 Å². The first-order valence-corrected chi connectivity index (χ1v) is 10.7. The Labute approximate surface area is 154 Å². The van der Waals surface area contributed by atoms with Gasteiger partial charge in [0.1, 0.15) is 0 Å². The van der Waals surface area contributed by atoms with Gasteiger partial charge in [0.15, 0.2) is 0 Å². The maximum atomic E-state index is 11.6. The number of anilines is 2. The highest BCUT2D eigenvalue weighted by Crippen LogP contribution is 2.36. The SMILES string of the molecule is CC(C)n1cc(-c2ccc3c(c2)CCN3)c2ccc(NS(C)(=O)=O)cc21. The Balaban J connectivity index is 1.88. The van der Waals surface area contributed by atoms with E-state index in [1.807, 2.05) is 18.2 Å². The summed E-state index contributed by atoms with van der Waals surface area (Å²) in [5.74, 6) is 0. The number of nitrogens with zero attached hydrogens (tertiary/aromatic N) is 1. The van der Waals surface area contributed by atoms with E-state index in [0.717, 1.165) is 23.9 Å². The number of aromatic nitrogens is 1. The highest BCUT2D eigenvalue weighted by atomic mass is 32.2. The third-order valence-electron chi connectivity index (χ3n) is 4.82. The lowest BCUT2D eigenvalue weighted by atomic mass is 10.0. The molecule has 0 aliphatic carbocycles. The molecule has 0 unspecified atom stereocenters. The lowest BCUT2D eigenvalue weighted by Gasteiger charge is -2.10. The molecule has 1 aliphatic rings. The van der Waals surface area contributed by atoms with Crippen LogP contribution in [0.25, 0.3) is 22.0 Å². The molecule has 26 heavy (non-hydrogen) atoms. The molecule has 5 nitrogen and oxygen atoms in total. The molecule has 1 aromatic heterocycles. The molecule has 2 aromatic carbocycles. The first kappa shape index (κ1) is 17.0. The van der Waals surface area contributed by atoms with E-state index in [9.17, 15) is 8.42 Å².